The third-order valence-corrected chi connectivity index (χ3v) is 3.77. The van der Waals surface area contributed by atoms with Crippen molar-refractivity contribution in [3.05, 3.63) is 30.1 Å². The Morgan fingerprint density at radius 3 is 2.85 bits per heavy atom. The Hall–Kier alpha value is -1.62. The van der Waals surface area contributed by atoms with Crippen LogP contribution in [-0.2, 0) is 6.54 Å². The lowest BCUT2D eigenvalue weighted by Gasteiger charge is -2.25. The molecule has 110 valence electrons. The zero-order valence-corrected chi connectivity index (χ0v) is 12.6. The van der Waals surface area contributed by atoms with Crippen LogP contribution >= 0.6 is 0 Å². The van der Waals surface area contributed by atoms with Crippen LogP contribution in [0.2, 0.25) is 0 Å². The maximum absolute atomic E-state index is 4.29. The van der Waals surface area contributed by atoms with Crippen molar-refractivity contribution in [2.75, 3.05) is 20.6 Å². The fourth-order valence-corrected chi connectivity index (χ4v) is 2.13. The quantitative estimate of drug-likeness (QED) is 0.606. The summed E-state index contributed by atoms with van der Waals surface area (Å²) in [6.45, 7) is 3.83. The van der Waals surface area contributed by atoms with Crippen LogP contribution in [-0.4, -0.2) is 48.6 Å². The molecular formula is C15H25N5. The van der Waals surface area contributed by atoms with Gasteiger partial charge in [0.1, 0.15) is 0 Å². The third kappa shape index (κ3) is 4.49. The minimum atomic E-state index is 0.510. The van der Waals surface area contributed by atoms with E-state index >= 15 is 0 Å². The van der Waals surface area contributed by atoms with Crippen molar-refractivity contribution in [3.8, 4) is 0 Å². The number of aromatic nitrogens is 1. The Morgan fingerprint density at radius 1 is 1.45 bits per heavy atom. The predicted molar refractivity (Wildman–Crippen MR) is 82.7 cm³/mol. The summed E-state index contributed by atoms with van der Waals surface area (Å²) in [6, 6.07) is 7.22. The molecular weight excluding hydrogens is 250 g/mol. The van der Waals surface area contributed by atoms with Gasteiger partial charge in [0, 0.05) is 31.9 Å². The predicted octanol–water partition coefficient (Wildman–Crippen LogP) is 1.23. The summed E-state index contributed by atoms with van der Waals surface area (Å²) in [5.41, 5.74) is 1.01. The molecule has 1 saturated carbocycles. The summed E-state index contributed by atoms with van der Waals surface area (Å²) in [7, 11) is 4.00. The molecule has 20 heavy (non-hydrogen) atoms. The van der Waals surface area contributed by atoms with E-state index in [1.54, 1.807) is 13.2 Å². The second-order valence-electron chi connectivity index (χ2n) is 5.37. The van der Waals surface area contributed by atoms with Gasteiger partial charge in [-0.15, -0.1) is 0 Å². The Kier molecular flexibility index (Phi) is 5.35. The van der Waals surface area contributed by atoms with E-state index in [9.17, 15) is 0 Å². The molecule has 0 aliphatic heterocycles. The van der Waals surface area contributed by atoms with E-state index in [2.05, 4.69) is 39.5 Å². The van der Waals surface area contributed by atoms with Gasteiger partial charge >= 0.3 is 0 Å². The summed E-state index contributed by atoms with van der Waals surface area (Å²) < 4.78 is 0. The van der Waals surface area contributed by atoms with Crippen LogP contribution in [0.3, 0.4) is 0 Å². The maximum atomic E-state index is 4.29. The molecule has 1 aliphatic rings. The second kappa shape index (κ2) is 7.24. The first-order valence-corrected chi connectivity index (χ1v) is 7.27. The SMILES string of the molecule is CN=C(NCc1ccccn1)NCC(C)N(C)C1CC1. The number of rotatable bonds is 6. The van der Waals surface area contributed by atoms with E-state index in [4.69, 9.17) is 0 Å². The highest BCUT2D eigenvalue weighted by atomic mass is 15.2. The number of aliphatic imine (C=N–C) groups is 1. The minimum absolute atomic E-state index is 0.510. The van der Waals surface area contributed by atoms with Crippen molar-refractivity contribution in [1.82, 2.24) is 20.5 Å². The van der Waals surface area contributed by atoms with E-state index in [0.717, 1.165) is 24.2 Å². The number of likely N-dealkylation sites (N-methyl/N-ethyl adjacent to an activating group) is 1. The fraction of sp³-hybridized carbons (Fsp3) is 0.600. The molecule has 1 unspecified atom stereocenters. The zero-order chi connectivity index (χ0) is 14.4. The van der Waals surface area contributed by atoms with Crippen LogP contribution in [0.15, 0.2) is 29.4 Å². The van der Waals surface area contributed by atoms with E-state index in [0.29, 0.717) is 12.6 Å². The molecule has 1 heterocycles. The summed E-state index contributed by atoms with van der Waals surface area (Å²) in [5, 5.41) is 6.66. The number of hydrogen-bond acceptors (Lipinski definition) is 3. The molecule has 1 atom stereocenters. The van der Waals surface area contributed by atoms with Gasteiger partial charge in [-0.05, 0) is 38.9 Å². The first-order valence-electron chi connectivity index (χ1n) is 7.27. The topological polar surface area (TPSA) is 52.6 Å². The van der Waals surface area contributed by atoms with Crippen molar-refractivity contribution in [1.29, 1.82) is 0 Å². The smallest absolute Gasteiger partial charge is 0.191 e. The Labute approximate surface area is 121 Å². The van der Waals surface area contributed by atoms with Crippen molar-refractivity contribution in [2.24, 2.45) is 4.99 Å². The molecule has 0 amide bonds. The molecule has 0 saturated heterocycles. The highest BCUT2D eigenvalue weighted by Crippen LogP contribution is 2.26. The van der Waals surface area contributed by atoms with Crippen molar-refractivity contribution in [3.63, 3.8) is 0 Å². The highest BCUT2D eigenvalue weighted by Gasteiger charge is 2.28. The number of guanidine groups is 1. The average molecular weight is 275 g/mol. The first-order chi connectivity index (χ1) is 9.70. The van der Waals surface area contributed by atoms with Crippen molar-refractivity contribution >= 4 is 5.96 Å². The minimum Gasteiger partial charge on any atom is -0.355 e. The van der Waals surface area contributed by atoms with Gasteiger partial charge in [0.2, 0.25) is 0 Å². The molecule has 0 spiro atoms. The molecule has 2 N–H and O–H groups in total. The van der Waals surface area contributed by atoms with Crippen LogP contribution in [0.25, 0.3) is 0 Å². The van der Waals surface area contributed by atoms with Crippen LogP contribution in [0, 0.1) is 0 Å². The average Bonchev–Trinajstić information content (AvgIpc) is 3.32. The zero-order valence-electron chi connectivity index (χ0n) is 12.6. The number of pyridine rings is 1. The summed E-state index contributed by atoms with van der Waals surface area (Å²) in [4.78, 5) is 11.0. The lowest BCUT2D eigenvalue weighted by atomic mass is 10.3. The number of hydrogen-bond donors (Lipinski definition) is 2. The van der Waals surface area contributed by atoms with Crippen molar-refractivity contribution < 1.29 is 0 Å². The maximum Gasteiger partial charge on any atom is 0.191 e. The summed E-state index contributed by atoms with van der Waals surface area (Å²) in [5.74, 6) is 0.826. The van der Waals surface area contributed by atoms with E-state index in [1.165, 1.54) is 12.8 Å². The highest BCUT2D eigenvalue weighted by molar-refractivity contribution is 5.79. The summed E-state index contributed by atoms with van der Waals surface area (Å²) >= 11 is 0. The van der Waals surface area contributed by atoms with Crippen molar-refractivity contribution in [2.45, 2.75) is 38.4 Å². The van der Waals surface area contributed by atoms with Gasteiger partial charge in [-0.2, -0.15) is 0 Å². The molecule has 0 bridgehead atoms. The van der Waals surface area contributed by atoms with E-state index < -0.39 is 0 Å². The fourth-order valence-electron chi connectivity index (χ4n) is 2.13. The lowest BCUT2D eigenvalue weighted by molar-refractivity contribution is 0.247. The summed E-state index contributed by atoms with van der Waals surface area (Å²) in [6.07, 6.45) is 4.49. The number of nitrogens with one attached hydrogen (secondary N) is 2. The van der Waals surface area contributed by atoms with E-state index in [-0.39, 0.29) is 0 Å². The number of nitrogens with zero attached hydrogens (tertiary/aromatic N) is 3. The third-order valence-electron chi connectivity index (χ3n) is 3.77. The van der Waals surface area contributed by atoms with Crippen LogP contribution < -0.4 is 10.6 Å². The molecule has 1 fully saturated rings. The normalized spacial score (nSPS) is 17.1. The molecule has 1 aliphatic carbocycles. The van der Waals surface area contributed by atoms with E-state index in [1.807, 2.05) is 18.2 Å². The van der Waals surface area contributed by atoms with Gasteiger partial charge in [0.05, 0.1) is 12.2 Å². The van der Waals surface area contributed by atoms with Crippen LogP contribution in [0.4, 0.5) is 0 Å². The van der Waals surface area contributed by atoms with Crippen LogP contribution in [0.1, 0.15) is 25.5 Å². The molecule has 5 heteroatoms. The Morgan fingerprint density at radius 2 is 2.25 bits per heavy atom. The molecule has 0 radical (unpaired) electrons. The van der Waals surface area contributed by atoms with Crippen LogP contribution in [0.5, 0.6) is 0 Å². The molecule has 2 rings (SSSR count). The molecule has 5 nitrogen and oxygen atoms in total. The van der Waals surface area contributed by atoms with Gasteiger partial charge in [0.25, 0.3) is 0 Å². The second-order valence-corrected chi connectivity index (χ2v) is 5.37. The molecule has 1 aromatic heterocycles. The van der Waals surface area contributed by atoms with Gasteiger partial charge in [-0.1, -0.05) is 6.07 Å². The molecule has 0 aromatic carbocycles. The first kappa shape index (κ1) is 14.8. The monoisotopic (exact) mass is 275 g/mol. The standard InChI is InChI=1S/C15H25N5/c1-12(20(3)14-7-8-14)10-18-15(16-2)19-11-13-6-4-5-9-17-13/h4-6,9,12,14H,7-8,10-11H2,1-3H3,(H2,16,18,19). The Balaban J connectivity index is 1.72. The van der Waals surface area contributed by atoms with Gasteiger partial charge in [-0.3, -0.25) is 14.9 Å². The van der Waals surface area contributed by atoms with Gasteiger partial charge in [0.15, 0.2) is 5.96 Å². The van der Waals surface area contributed by atoms with Gasteiger partial charge in [-0.25, -0.2) is 0 Å². The molecule has 1 aromatic rings. The lowest BCUT2D eigenvalue weighted by Crippen LogP contribution is -2.45. The van der Waals surface area contributed by atoms with Gasteiger partial charge < -0.3 is 10.6 Å². The Bertz CT molecular complexity index is 427. The largest absolute Gasteiger partial charge is 0.355 e.